The Bertz CT molecular complexity index is 580. The standard InChI is InChI=1S/C14H18O6S/c1-2-9(15)4-3-5-12(16)19-13-8-6-10-11(7-8)21(17,18)20-14(10)13/h2,8,10-11,13-14H,1,3-7H2. The van der Waals surface area contributed by atoms with Crippen molar-refractivity contribution in [3.63, 3.8) is 0 Å². The third kappa shape index (κ3) is 2.53. The Morgan fingerprint density at radius 2 is 2.05 bits per heavy atom. The van der Waals surface area contributed by atoms with E-state index in [0.717, 1.165) is 6.42 Å². The maximum absolute atomic E-state index is 11.8. The van der Waals surface area contributed by atoms with Crippen molar-refractivity contribution in [1.82, 2.24) is 0 Å². The molecule has 7 heteroatoms. The number of carbonyl (C=O) groups excluding carboxylic acids is 2. The molecule has 2 bridgehead atoms. The van der Waals surface area contributed by atoms with Crippen molar-refractivity contribution >= 4 is 21.9 Å². The summed E-state index contributed by atoms with van der Waals surface area (Å²) in [5, 5.41) is -0.410. The molecule has 0 radical (unpaired) electrons. The molecule has 1 aliphatic heterocycles. The van der Waals surface area contributed by atoms with E-state index in [4.69, 9.17) is 8.92 Å². The topological polar surface area (TPSA) is 86.7 Å². The van der Waals surface area contributed by atoms with Crippen LogP contribution in [0.4, 0.5) is 0 Å². The normalized spacial score (nSPS) is 38.4. The van der Waals surface area contributed by atoms with Crippen LogP contribution in [0.15, 0.2) is 12.7 Å². The fourth-order valence-electron chi connectivity index (χ4n) is 3.76. The zero-order valence-corrected chi connectivity index (χ0v) is 12.4. The third-order valence-corrected chi connectivity index (χ3v) is 6.49. The molecule has 0 N–H and O–H groups in total. The van der Waals surface area contributed by atoms with Gasteiger partial charge in [0.25, 0.3) is 10.1 Å². The summed E-state index contributed by atoms with van der Waals surface area (Å²) < 4.78 is 34.1. The maximum Gasteiger partial charge on any atom is 0.306 e. The van der Waals surface area contributed by atoms with Gasteiger partial charge in [0.15, 0.2) is 5.78 Å². The summed E-state index contributed by atoms with van der Waals surface area (Å²) >= 11 is 0. The highest BCUT2D eigenvalue weighted by Crippen LogP contribution is 2.55. The minimum Gasteiger partial charge on any atom is -0.459 e. The molecule has 0 aromatic heterocycles. The Balaban J connectivity index is 1.54. The first kappa shape index (κ1) is 14.7. The fourth-order valence-corrected chi connectivity index (χ4v) is 5.65. The summed E-state index contributed by atoms with van der Waals surface area (Å²) in [6.07, 6.45) is 2.39. The first-order valence-electron chi connectivity index (χ1n) is 7.19. The fraction of sp³-hybridized carbons (Fsp3) is 0.714. The van der Waals surface area contributed by atoms with Crippen LogP contribution >= 0.6 is 0 Å². The summed E-state index contributed by atoms with van der Waals surface area (Å²) in [5.41, 5.74) is 0. The van der Waals surface area contributed by atoms with E-state index in [9.17, 15) is 18.0 Å². The van der Waals surface area contributed by atoms with Crippen molar-refractivity contribution in [2.45, 2.75) is 49.6 Å². The van der Waals surface area contributed by atoms with Gasteiger partial charge in [-0.05, 0) is 25.3 Å². The quantitative estimate of drug-likeness (QED) is 0.412. The summed E-state index contributed by atoms with van der Waals surface area (Å²) in [7, 11) is -3.48. The second kappa shape index (κ2) is 5.21. The molecule has 21 heavy (non-hydrogen) atoms. The molecule has 3 fully saturated rings. The lowest BCUT2D eigenvalue weighted by molar-refractivity contribution is -0.156. The van der Waals surface area contributed by atoms with Gasteiger partial charge >= 0.3 is 5.97 Å². The van der Waals surface area contributed by atoms with Gasteiger partial charge in [-0.1, -0.05) is 6.58 Å². The monoisotopic (exact) mass is 314 g/mol. The Kier molecular flexibility index (Phi) is 3.65. The predicted octanol–water partition coefficient (Wildman–Crippen LogP) is 0.961. The van der Waals surface area contributed by atoms with Crippen LogP contribution in [0.5, 0.6) is 0 Å². The average Bonchev–Trinajstić information content (AvgIpc) is 3.02. The molecule has 0 aromatic carbocycles. The van der Waals surface area contributed by atoms with Gasteiger partial charge < -0.3 is 4.74 Å². The summed E-state index contributed by atoms with van der Waals surface area (Å²) in [5.74, 6) is -0.439. The minimum atomic E-state index is -3.48. The summed E-state index contributed by atoms with van der Waals surface area (Å²) in [6, 6.07) is 0. The Labute approximate surface area is 123 Å². The van der Waals surface area contributed by atoms with Crippen LogP contribution in [0.2, 0.25) is 0 Å². The lowest BCUT2D eigenvalue weighted by atomic mass is 9.94. The molecular weight excluding hydrogens is 296 g/mol. The first-order chi connectivity index (χ1) is 9.92. The largest absolute Gasteiger partial charge is 0.459 e. The zero-order valence-electron chi connectivity index (χ0n) is 11.6. The smallest absolute Gasteiger partial charge is 0.306 e. The molecule has 1 saturated heterocycles. The van der Waals surface area contributed by atoms with Crippen molar-refractivity contribution in [2.24, 2.45) is 11.8 Å². The van der Waals surface area contributed by atoms with Crippen LogP contribution in [0.3, 0.4) is 0 Å². The van der Waals surface area contributed by atoms with Crippen LogP contribution in [0.25, 0.3) is 0 Å². The molecule has 0 spiro atoms. The van der Waals surface area contributed by atoms with Crippen LogP contribution in [-0.2, 0) is 28.6 Å². The van der Waals surface area contributed by atoms with Crippen molar-refractivity contribution in [1.29, 1.82) is 0 Å². The lowest BCUT2D eigenvalue weighted by Crippen LogP contribution is -2.37. The van der Waals surface area contributed by atoms with Crippen LogP contribution in [-0.4, -0.2) is 37.6 Å². The van der Waals surface area contributed by atoms with E-state index in [-0.39, 0.29) is 30.5 Å². The molecular formula is C14H18O6S. The van der Waals surface area contributed by atoms with E-state index < -0.39 is 33.5 Å². The number of carbonyl (C=O) groups is 2. The molecule has 2 aliphatic carbocycles. The summed E-state index contributed by atoms with van der Waals surface area (Å²) in [6.45, 7) is 3.37. The van der Waals surface area contributed by atoms with Gasteiger partial charge in [-0.3, -0.25) is 13.8 Å². The molecule has 2 saturated carbocycles. The Morgan fingerprint density at radius 1 is 1.29 bits per heavy atom. The number of ether oxygens (including phenoxy) is 1. The van der Waals surface area contributed by atoms with Gasteiger partial charge in [0, 0.05) is 24.7 Å². The first-order valence-corrected chi connectivity index (χ1v) is 8.66. The van der Waals surface area contributed by atoms with Gasteiger partial charge in [-0.15, -0.1) is 0 Å². The predicted molar refractivity (Wildman–Crippen MR) is 72.7 cm³/mol. The number of ketones is 1. The molecule has 116 valence electrons. The molecule has 5 atom stereocenters. The maximum atomic E-state index is 11.8. The number of esters is 1. The van der Waals surface area contributed by atoms with Gasteiger partial charge in [0.05, 0.1) is 5.25 Å². The van der Waals surface area contributed by atoms with E-state index in [1.54, 1.807) is 0 Å². The summed E-state index contributed by atoms with van der Waals surface area (Å²) in [4.78, 5) is 22.9. The highest BCUT2D eigenvalue weighted by molar-refractivity contribution is 7.87. The number of allylic oxidation sites excluding steroid dienone is 1. The van der Waals surface area contributed by atoms with Crippen molar-refractivity contribution in [2.75, 3.05) is 0 Å². The SMILES string of the molecule is C=CC(=O)CCCC(=O)OC1C2CC3C1OS(=O)(=O)C3C2. The second-order valence-electron chi connectivity index (χ2n) is 5.97. The molecule has 5 unspecified atom stereocenters. The molecule has 3 aliphatic rings. The molecule has 0 amide bonds. The molecule has 6 nitrogen and oxygen atoms in total. The lowest BCUT2D eigenvalue weighted by Gasteiger charge is -2.24. The minimum absolute atomic E-state index is 0.0276. The van der Waals surface area contributed by atoms with Crippen molar-refractivity contribution < 1.29 is 26.9 Å². The Morgan fingerprint density at radius 3 is 2.76 bits per heavy atom. The van der Waals surface area contributed by atoms with Crippen LogP contribution < -0.4 is 0 Å². The molecule has 3 rings (SSSR count). The molecule has 0 aromatic rings. The van der Waals surface area contributed by atoms with Gasteiger partial charge in [0.1, 0.15) is 12.2 Å². The highest BCUT2D eigenvalue weighted by Gasteiger charge is 2.65. The van der Waals surface area contributed by atoms with E-state index in [2.05, 4.69) is 6.58 Å². The number of hydrogen-bond donors (Lipinski definition) is 0. The highest BCUT2D eigenvalue weighted by atomic mass is 32.2. The number of hydrogen-bond acceptors (Lipinski definition) is 6. The number of rotatable bonds is 6. The van der Waals surface area contributed by atoms with Crippen LogP contribution in [0, 0.1) is 11.8 Å². The van der Waals surface area contributed by atoms with Crippen molar-refractivity contribution in [3.05, 3.63) is 12.7 Å². The number of fused-ring (bicyclic) bond motifs is 1. The van der Waals surface area contributed by atoms with Gasteiger partial charge in [0.2, 0.25) is 0 Å². The Hall–Kier alpha value is -1.21. The van der Waals surface area contributed by atoms with Gasteiger partial charge in [-0.25, -0.2) is 0 Å². The molecule has 1 heterocycles. The van der Waals surface area contributed by atoms with Crippen LogP contribution in [0.1, 0.15) is 32.1 Å². The van der Waals surface area contributed by atoms with E-state index in [0.29, 0.717) is 12.8 Å². The average molecular weight is 314 g/mol. The van der Waals surface area contributed by atoms with E-state index in [1.165, 1.54) is 6.08 Å². The second-order valence-corrected chi connectivity index (χ2v) is 7.75. The van der Waals surface area contributed by atoms with E-state index >= 15 is 0 Å². The zero-order chi connectivity index (χ0) is 15.2. The van der Waals surface area contributed by atoms with Gasteiger partial charge in [-0.2, -0.15) is 8.42 Å². The van der Waals surface area contributed by atoms with Crippen molar-refractivity contribution in [3.8, 4) is 0 Å². The van der Waals surface area contributed by atoms with E-state index in [1.807, 2.05) is 0 Å². The third-order valence-electron chi connectivity index (χ3n) is 4.71.